The molecule has 3 aromatic rings. The van der Waals surface area contributed by atoms with Crippen molar-refractivity contribution in [3.8, 4) is 5.75 Å². The number of benzene rings is 2. The van der Waals surface area contributed by atoms with Gasteiger partial charge < -0.3 is 15.4 Å². The van der Waals surface area contributed by atoms with Crippen LogP contribution in [0, 0.1) is 5.82 Å². The van der Waals surface area contributed by atoms with E-state index in [0.29, 0.717) is 28.7 Å². The molecule has 2 N–H and O–H groups in total. The van der Waals surface area contributed by atoms with Crippen LogP contribution in [0.1, 0.15) is 5.56 Å². The van der Waals surface area contributed by atoms with E-state index in [1.807, 2.05) is 0 Å². The predicted molar refractivity (Wildman–Crippen MR) is 98.4 cm³/mol. The second kappa shape index (κ2) is 7.88. The molecular weight excluding hydrogens is 359 g/mol. The number of urea groups is 1. The number of hydrogen-bond acceptors (Lipinski definition) is 3. The van der Waals surface area contributed by atoms with E-state index >= 15 is 0 Å². The number of carbonyl (C=O) groups excluding carboxylic acids is 1. The van der Waals surface area contributed by atoms with Gasteiger partial charge in [-0.3, -0.25) is 4.68 Å². The number of hydrogen-bond donors (Lipinski definition) is 2. The predicted octanol–water partition coefficient (Wildman–Crippen LogP) is 4.38. The molecule has 8 heteroatoms. The Morgan fingerprint density at radius 1 is 1.23 bits per heavy atom. The Hall–Kier alpha value is -3.06. The summed E-state index contributed by atoms with van der Waals surface area (Å²) >= 11 is 5.94. The average molecular weight is 375 g/mol. The highest BCUT2D eigenvalue weighted by Crippen LogP contribution is 2.27. The maximum absolute atomic E-state index is 12.9. The molecular formula is C18H16ClFN4O2. The van der Waals surface area contributed by atoms with Crippen molar-refractivity contribution in [2.75, 3.05) is 17.7 Å². The molecule has 3 rings (SSSR count). The van der Waals surface area contributed by atoms with E-state index in [-0.39, 0.29) is 5.82 Å². The number of methoxy groups -OCH3 is 1. The molecule has 0 unspecified atom stereocenters. The molecule has 0 saturated heterocycles. The Labute approximate surface area is 154 Å². The standard InChI is InChI=1S/C18H16ClFN4O2/c1-26-17-7-4-13(19)8-16(17)23-18(25)22-15-9-21-24(11-15)10-12-2-5-14(20)6-3-12/h2-9,11H,10H2,1H3,(H2,22,23,25). The second-order valence-corrected chi connectivity index (χ2v) is 5.91. The average Bonchev–Trinajstić information content (AvgIpc) is 3.04. The fraction of sp³-hybridized carbons (Fsp3) is 0.111. The molecule has 0 aliphatic heterocycles. The fourth-order valence-corrected chi connectivity index (χ4v) is 2.53. The molecule has 134 valence electrons. The Balaban J connectivity index is 1.62. The minimum absolute atomic E-state index is 0.287. The smallest absolute Gasteiger partial charge is 0.323 e. The lowest BCUT2D eigenvalue weighted by atomic mass is 10.2. The van der Waals surface area contributed by atoms with Crippen LogP contribution in [0.4, 0.5) is 20.6 Å². The van der Waals surface area contributed by atoms with Crippen LogP contribution < -0.4 is 15.4 Å². The number of halogens is 2. The molecule has 0 aliphatic carbocycles. The van der Waals surface area contributed by atoms with Crippen LogP contribution in [0.2, 0.25) is 5.02 Å². The zero-order valence-electron chi connectivity index (χ0n) is 13.9. The highest BCUT2D eigenvalue weighted by Gasteiger charge is 2.09. The summed E-state index contributed by atoms with van der Waals surface area (Å²) in [5.74, 6) is 0.209. The molecule has 0 atom stereocenters. The van der Waals surface area contributed by atoms with Crippen molar-refractivity contribution in [2.24, 2.45) is 0 Å². The minimum atomic E-state index is -0.452. The molecule has 2 aromatic carbocycles. The number of ether oxygens (including phenoxy) is 1. The Kier molecular flexibility index (Phi) is 5.38. The maximum Gasteiger partial charge on any atom is 0.323 e. The normalized spacial score (nSPS) is 10.4. The van der Waals surface area contributed by atoms with Gasteiger partial charge in [-0.05, 0) is 35.9 Å². The van der Waals surface area contributed by atoms with E-state index in [0.717, 1.165) is 5.56 Å². The van der Waals surface area contributed by atoms with E-state index in [4.69, 9.17) is 16.3 Å². The first-order valence-corrected chi connectivity index (χ1v) is 8.10. The first kappa shape index (κ1) is 17.8. The maximum atomic E-state index is 12.9. The fourth-order valence-electron chi connectivity index (χ4n) is 2.35. The third kappa shape index (κ3) is 4.52. The van der Waals surface area contributed by atoms with Gasteiger partial charge in [-0.1, -0.05) is 23.7 Å². The highest BCUT2D eigenvalue weighted by atomic mass is 35.5. The number of amides is 2. The summed E-state index contributed by atoms with van der Waals surface area (Å²) < 4.78 is 19.8. The van der Waals surface area contributed by atoms with Gasteiger partial charge in [0, 0.05) is 11.2 Å². The second-order valence-electron chi connectivity index (χ2n) is 5.48. The van der Waals surface area contributed by atoms with Crippen LogP contribution in [0.3, 0.4) is 0 Å². The number of nitrogens with one attached hydrogen (secondary N) is 2. The van der Waals surface area contributed by atoms with Crippen LogP contribution in [-0.2, 0) is 6.54 Å². The van der Waals surface area contributed by atoms with Gasteiger partial charge in [-0.15, -0.1) is 0 Å². The van der Waals surface area contributed by atoms with Crippen molar-refractivity contribution in [1.82, 2.24) is 9.78 Å². The van der Waals surface area contributed by atoms with Crippen LogP contribution in [0.5, 0.6) is 5.75 Å². The molecule has 1 aromatic heterocycles. The van der Waals surface area contributed by atoms with Crippen molar-refractivity contribution in [2.45, 2.75) is 6.54 Å². The van der Waals surface area contributed by atoms with E-state index in [1.165, 1.54) is 25.4 Å². The largest absolute Gasteiger partial charge is 0.495 e. The van der Waals surface area contributed by atoms with E-state index in [1.54, 1.807) is 41.2 Å². The summed E-state index contributed by atoms with van der Waals surface area (Å²) in [6.45, 7) is 0.464. The van der Waals surface area contributed by atoms with Crippen molar-refractivity contribution < 1.29 is 13.9 Å². The molecule has 26 heavy (non-hydrogen) atoms. The lowest BCUT2D eigenvalue weighted by Gasteiger charge is -2.10. The highest BCUT2D eigenvalue weighted by molar-refractivity contribution is 6.31. The third-order valence-electron chi connectivity index (χ3n) is 3.56. The summed E-state index contributed by atoms with van der Waals surface area (Å²) in [5.41, 5.74) is 1.87. The van der Waals surface area contributed by atoms with Gasteiger partial charge in [0.05, 0.1) is 31.2 Å². The molecule has 2 amide bonds. The van der Waals surface area contributed by atoms with Crippen molar-refractivity contribution in [3.63, 3.8) is 0 Å². The number of nitrogens with zero attached hydrogens (tertiary/aromatic N) is 2. The first-order chi connectivity index (χ1) is 12.5. The molecule has 0 fully saturated rings. The molecule has 6 nitrogen and oxygen atoms in total. The number of aromatic nitrogens is 2. The molecule has 0 bridgehead atoms. The molecule has 1 heterocycles. The zero-order chi connectivity index (χ0) is 18.5. The molecule has 0 radical (unpaired) electrons. The zero-order valence-corrected chi connectivity index (χ0v) is 14.6. The quantitative estimate of drug-likeness (QED) is 0.696. The Morgan fingerprint density at radius 2 is 2.00 bits per heavy atom. The van der Waals surface area contributed by atoms with Gasteiger partial charge in [0.1, 0.15) is 11.6 Å². The summed E-state index contributed by atoms with van der Waals surface area (Å²) in [6.07, 6.45) is 3.20. The topological polar surface area (TPSA) is 68.2 Å². The summed E-state index contributed by atoms with van der Waals surface area (Å²) in [5, 5.41) is 10.0. The Morgan fingerprint density at radius 3 is 2.73 bits per heavy atom. The van der Waals surface area contributed by atoms with Crippen molar-refractivity contribution in [1.29, 1.82) is 0 Å². The minimum Gasteiger partial charge on any atom is -0.495 e. The summed E-state index contributed by atoms with van der Waals surface area (Å²) in [4.78, 5) is 12.2. The van der Waals surface area contributed by atoms with E-state index < -0.39 is 6.03 Å². The van der Waals surface area contributed by atoms with Gasteiger partial charge in [-0.25, -0.2) is 9.18 Å². The van der Waals surface area contributed by atoms with Crippen molar-refractivity contribution >= 4 is 29.0 Å². The Bertz CT molecular complexity index is 912. The summed E-state index contributed by atoms with van der Waals surface area (Å²) in [6, 6.07) is 10.6. The van der Waals surface area contributed by atoms with E-state index in [2.05, 4.69) is 15.7 Å². The third-order valence-corrected chi connectivity index (χ3v) is 3.79. The van der Waals surface area contributed by atoms with Crippen LogP contribution in [0.25, 0.3) is 0 Å². The first-order valence-electron chi connectivity index (χ1n) is 7.72. The van der Waals surface area contributed by atoms with Crippen LogP contribution in [-0.4, -0.2) is 22.9 Å². The monoisotopic (exact) mass is 374 g/mol. The van der Waals surface area contributed by atoms with E-state index in [9.17, 15) is 9.18 Å². The number of anilines is 2. The molecule has 0 spiro atoms. The van der Waals surface area contributed by atoms with Crippen LogP contribution in [0.15, 0.2) is 54.9 Å². The van der Waals surface area contributed by atoms with Gasteiger partial charge in [-0.2, -0.15) is 5.10 Å². The van der Waals surface area contributed by atoms with Crippen molar-refractivity contribution in [3.05, 3.63) is 71.3 Å². The number of carbonyl (C=O) groups is 1. The van der Waals surface area contributed by atoms with Gasteiger partial charge in [0.25, 0.3) is 0 Å². The molecule has 0 aliphatic rings. The van der Waals surface area contributed by atoms with Gasteiger partial charge >= 0.3 is 6.03 Å². The SMILES string of the molecule is COc1ccc(Cl)cc1NC(=O)Nc1cnn(Cc2ccc(F)cc2)c1. The molecule has 0 saturated carbocycles. The lowest BCUT2D eigenvalue weighted by molar-refractivity contribution is 0.262. The number of rotatable bonds is 5. The lowest BCUT2D eigenvalue weighted by Crippen LogP contribution is -2.19. The van der Waals surface area contributed by atoms with Gasteiger partial charge in [0.15, 0.2) is 0 Å². The van der Waals surface area contributed by atoms with Gasteiger partial charge in [0.2, 0.25) is 0 Å². The van der Waals surface area contributed by atoms with Crippen LogP contribution >= 0.6 is 11.6 Å². The summed E-state index contributed by atoms with van der Waals surface area (Å²) in [7, 11) is 1.51.